The molecule has 5 nitrogen and oxygen atoms in total. The molecule has 0 fully saturated rings. The zero-order valence-corrected chi connectivity index (χ0v) is 17.2. The summed E-state index contributed by atoms with van der Waals surface area (Å²) >= 11 is 0. The van der Waals surface area contributed by atoms with Gasteiger partial charge in [-0.2, -0.15) is 13.2 Å². The topological polar surface area (TPSA) is 54.0 Å². The summed E-state index contributed by atoms with van der Waals surface area (Å²) in [5.41, 5.74) is 2.43. The van der Waals surface area contributed by atoms with Gasteiger partial charge in [-0.15, -0.1) is 0 Å². The Labute approximate surface area is 178 Å². The van der Waals surface area contributed by atoms with Gasteiger partial charge in [-0.05, 0) is 35.6 Å². The van der Waals surface area contributed by atoms with Gasteiger partial charge >= 0.3 is 12.1 Å². The number of halogens is 3. The molecule has 0 amide bonds. The van der Waals surface area contributed by atoms with Crippen molar-refractivity contribution in [1.82, 2.24) is 0 Å². The Kier molecular flexibility index (Phi) is 5.83. The zero-order valence-electron chi connectivity index (χ0n) is 17.2. The van der Waals surface area contributed by atoms with Gasteiger partial charge in [0.15, 0.2) is 6.10 Å². The minimum Gasteiger partial charge on any atom is -0.492 e. The van der Waals surface area contributed by atoms with Crippen molar-refractivity contribution in [2.24, 2.45) is 0 Å². The predicted molar refractivity (Wildman–Crippen MR) is 105 cm³/mol. The minimum atomic E-state index is -4.49. The molecule has 3 atom stereocenters. The molecule has 1 aliphatic carbocycles. The lowest BCUT2D eigenvalue weighted by atomic mass is 9.97. The molecule has 1 aliphatic heterocycles. The highest BCUT2D eigenvalue weighted by Crippen LogP contribution is 2.44. The third-order valence-corrected chi connectivity index (χ3v) is 5.85. The summed E-state index contributed by atoms with van der Waals surface area (Å²) in [7, 11) is 2.42. The van der Waals surface area contributed by atoms with Gasteiger partial charge in [-0.3, -0.25) is 4.79 Å². The van der Waals surface area contributed by atoms with Crippen LogP contribution in [-0.4, -0.2) is 33.0 Å². The molecule has 1 heterocycles. The van der Waals surface area contributed by atoms with Gasteiger partial charge in [0.05, 0.1) is 20.1 Å². The highest BCUT2D eigenvalue weighted by molar-refractivity contribution is 5.71. The van der Waals surface area contributed by atoms with Gasteiger partial charge in [0.2, 0.25) is 0 Å². The number of methoxy groups -OCH3 is 2. The van der Waals surface area contributed by atoms with Gasteiger partial charge < -0.3 is 18.9 Å². The van der Waals surface area contributed by atoms with E-state index >= 15 is 0 Å². The first-order valence-electron chi connectivity index (χ1n) is 10.0. The molecule has 4 rings (SSSR count). The van der Waals surface area contributed by atoms with Crippen LogP contribution in [-0.2, 0) is 20.7 Å². The fourth-order valence-electron chi connectivity index (χ4n) is 4.40. The normalized spacial score (nSPS) is 20.5. The molecule has 8 heteroatoms. The third-order valence-electron chi connectivity index (χ3n) is 5.85. The molecule has 3 unspecified atom stereocenters. The lowest BCUT2D eigenvalue weighted by molar-refractivity contribution is -0.216. The van der Waals surface area contributed by atoms with Crippen LogP contribution in [0.25, 0.3) is 0 Å². The van der Waals surface area contributed by atoms with Crippen molar-refractivity contribution < 1.29 is 36.9 Å². The number of fused-ring (bicyclic) bond motifs is 2. The van der Waals surface area contributed by atoms with Crippen LogP contribution in [0.2, 0.25) is 0 Å². The van der Waals surface area contributed by atoms with Crippen LogP contribution in [0, 0.1) is 0 Å². The zero-order chi connectivity index (χ0) is 22.2. The van der Waals surface area contributed by atoms with Gasteiger partial charge in [-0.1, -0.05) is 24.3 Å². The second-order valence-electron chi connectivity index (χ2n) is 7.71. The molecule has 166 valence electrons. The van der Waals surface area contributed by atoms with Crippen LogP contribution >= 0.6 is 0 Å². The van der Waals surface area contributed by atoms with Crippen molar-refractivity contribution in [2.45, 2.75) is 43.6 Å². The summed E-state index contributed by atoms with van der Waals surface area (Å²) in [4.78, 5) is 11.6. The molecule has 0 saturated carbocycles. The second kappa shape index (κ2) is 8.42. The maximum absolute atomic E-state index is 13.4. The van der Waals surface area contributed by atoms with Crippen LogP contribution in [0.1, 0.15) is 53.2 Å². The Morgan fingerprint density at radius 2 is 2.00 bits per heavy atom. The number of benzene rings is 2. The van der Waals surface area contributed by atoms with Gasteiger partial charge in [0.1, 0.15) is 17.6 Å². The maximum atomic E-state index is 13.4. The summed E-state index contributed by atoms with van der Waals surface area (Å²) in [6.45, 7) is 0.388. The second-order valence-corrected chi connectivity index (χ2v) is 7.71. The molecule has 0 radical (unpaired) electrons. The number of rotatable bonds is 6. The Bertz CT molecular complexity index is 972. The van der Waals surface area contributed by atoms with Crippen LogP contribution < -0.4 is 9.47 Å². The van der Waals surface area contributed by atoms with E-state index < -0.39 is 12.3 Å². The molecule has 2 aliphatic rings. The fraction of sp³-hybridized carbons (Fsp3) is 0.435. The van der Waals surface area contributed by atoms with Crippen molar-refractivity contribution in [3.63, 3.8) is 0 Å². The van der Waals surface area contributed by atoms with E-state index in [1.54, 1.807) is 24.3 Å². The Hall–Kier alpha value is -2.74. The van der Waals surface area contributed by atoms with Crippen molar-refractivity contribution >= 4 is 5.97 Å². The Morgan fingerprint density at radius 3 is 2.71 bits per heavy atom. The molecule has 0 bridgehead atoms. The summed E-state index contributed by atoms with van der Waals surface area (Å²) in [5.74, 6) is 0.850. The highest BCUT2D eigenvalue weighted by atomic mass is 19.4. The first-order chi connectivity index (χ1) is 14.8. The monoisotopic (exact) mass is 436 g/mol. The lowest BCUT2D eigenvalue weighted by Crippen LogP contribution is -2.23. The smallest absolute Gasteiger partial charge is 0.418 e. The molecular weight excluding hydrogens is 413 g/mol. The predicted octanol–water partition coefficient (Wildman–Crippen LogP) is 5.04. The molecule has 31 heavy (non-hydrogen) atoms. The van der Waals surface area contributed by atoms with Crippen LogP contribution in [0.5, 0.6) is 11.5 Å². The van der Waals surface area contributed by atoms with Gasteiger partial charge in [0.25, 0.3) is 0 Å². The number of hydrogen-bond acceptors (Lipinski definition) is 5. The Balaban J connectivity index is 1.53. The first-order valence-corrected chi connectivity index (χ1v) is 10.0. The van der Waals surface area contributed by atoms with E-state index in [2.05, 4.69) is 0 Å². The molecular formula is C23H23F3O5. The first kappa shape index (κ1) is 21.5. The van der Waals surface area contributed by atoms with Crippen LogP contribution in [0.3, 0.4) is 0 Å². The number of alkyl halides is 3. The number of carbonyl (C=O) groups is 1. The lowest BCUT2D eigenvalue weighted by Gasteiger charge is -2.22. The number of carbonyl (C=O) groups excluding carboxylic acids is 1. The third kappa shape index (κ3) is 4.21. The van der Waals surface area contributed by atoms with Crippen LogP contribution in [0.15, 0.2) is 36.4 Å². The van der Waals surface area contributed by atoms with E-state index in [4.69, 9.17) is 18.9 Å². The molecule has 2 aromatic carbocycles. The largest absolute Gasteiger partial charge is 0.492 e. The highest BCUT2D eigenvalue weighted by Gasteiger charge is 2.43. The van der Waals surface area contributed by atoms with Crippen molar-refractivity contribution in [3.8, 4) is 11.5 Å². The summed E-state index contributed by atoms with van der Waals surface area (Å²) < 4.78 is 61.5. The number of esters is 1. The van der Waals surface area contributed by atoms with Crippen molar-refractivity contribution in [2.75, 3.05) is 20.8 Å². The van der Waals surface area contributed by atoms with Crippen molar-refractivity contribution in [3.05, 3.63) is 58.7 Å². The minimum absolute atomic E-state index is 0.0698. The number of hydrogen-bond donors (Lipinski definition) is 0. The summed E-state index contributed by atoms with van der Waals surface area (Å²) in [5, 5.41) is 0. The molecule has 0 N–H and O–H groups in total. The quantitative estimate of drug-likeness (QED) is 0.594. The van der Waals surface area contributed by atoms with E-state index in [9.17, 15) is 18.0 Å². The van der Waals surface area contributed by atoms with E-state index in [0.29, 0.717) is 36.5 Å². The van der Waals surface area contributed by atoms with Gasteiger partial charge in [-0.25, -0.2) is 0 Å². The van der Waals surface area contributed by atoms with E-state index in [-0.39, 0.29) is 30.0 Å². The van der Waals surface area contributed by atoms with Gasteiger partial charge in [0, 0.05) is 24.7 Å². The summed E-state index contributed by atoms with van der Waals surface area (Å²) in [6, 6.07) is 10.3. The SMILES string of the molecule is COC(=O)CC1COc2cc(OC3CCc4c3cccc4C(OC)C(F)(F)F)ccc21. The average Bonchev–Trinajstić information content (AvgIpc) is 3.32. The molecule has 0 saturated heterocycles. The van der Waals surface area contributed by atoms with E-state index in [0.717, 1.165) is 18.2 Å². The molecule has 0 aromatic heterocycles. The average molecular weight is 436 g/mol. The maximum Gasteiger partial charge on any atom is 0.418 e. The van der Waals surface area contributed by atoms with E-state index in [1.165, 1.54) is 13.2 Å². The van der Waals surface area contributed by atoms with Crippen molar-refractivity contribution in [1.29, 1.82) is 0 Å². The van der Waals surface area contributed by atoms with E-state index in [1.807, 2.05) is 6.07 Å². The molecule has 2 aromatic rings. The fourth-order valence-corrected chi connectivity index (χ4v) is 4.40. The Morgan fingerprint density at radius 1 is 1.19 bits per heavy atom. The standard InChI is InChI=1S/C23H23F3O5/c1-28-21(27)10-13-12-30-20-11-14(6-7-15(13)20)31-19-9-8-16-17(19)4-3-5-18(16)22(29-2)23(24,25)26/h3-7,11,13,19,22H,8-10,12H2,1-2H3. The molecule has 0 spiro atoms. The number of ether oxygens (including phenoxy) is 4. The summed E-state index contributed by atoms with van der Waals surface area (Å²) in [6.07, 6.45) is -5.51. The van der Waals surface area contributed by atoms with Crippen LogP contribution in [0.4, 0.5) is 13.2 Å².